The molecular formula is C4H7F3N2O. The van der Waals surface area contributed by atoms with E-state index in [1.54, 1.807) is 6.92 Å². The van der Waals surface area contributed by atoms with E-state index in [1.807, 2.05) is 5.43 Å². The number of alkyl halides is 3. The fourth-order valence-electron chi connectivity index (χ4n) is 0.240. The minimum absolute atomic E-state index is 0.252. The fourth-order valence-corrected chi connectivity index (χ4v) is 0.240. The second kappa shape index (κ2) is 3.40. The lowest BCUT2D eigenvalue weighted by Crippen LogP contribution is -2.44. The van der Waals surface area contributed by atoms with Crippen LogP contribution in [0.2, 0.25) is 0 Å². The number of hydrogen-bond acceptors (Lipinski definition) is 2. The molecule has 0 aromatic heterocycles. The molecule has 0 radical (unpaired) electrons. The molecule has 0 spiro atoms. The molecule has 0 bridgehead atoms. The van der Waals surface area contributed by atoms with Crippen molar-refractivity contribution < 1.29 is 18.0 Å². The first kappa shape index (κ1) is 9.22. The molecule has 0 rings (SSSR count). The molecule has 6 heteroatoms. The third-order valence-corrected chi connectivity index (χ3v) is 0.636. The molecule has 1 amide bonds. The Balaban J connectivity index is 3.64. The van der Waals surface area contributed by atoms with E-state index in [0.29, 0.717) is 0 Å². The zero-order valence-electron chi connectivity index (χ0n) is 5.25. The van der Waals surface area contributed by atoms with Crippen molar-refractivity contribution in [1.82, 2.24) is 10.9 Å². The number of carbonyl (C=O) groups excluding carboxylic acids is 1. The second-order valence-electron chi connectivity index (χ2n) is 1.48. The topological polar surface area (TPSA) is 41.1 Å². The van der Waals surface area contributed by atoms with E-state index in [0.717, 1.165) is 0 Å². The Labute approximate surface area is 55.6 Å². The summed E-state index contributed by atoms with van der Waals surface area (Å²) in [6.45, 7) is 1.82. The highest BCUT2D eigenvalue weighted by Crippen LogP contribution is 2.13. The molecule has 0 aromatic carbocycles. The highest BCUT2D eigenvalue weighted by atomic mass is 19.4. The lowest BCUT2D eigenvalue weighted by molar-refractivity contribution is -0.174. The summed E-state index contributed by atoms with van der Waals surface area (Å²) in [5.74, 6) is -1.98. The van der Waals surface area contributed by atoms with Crippen molar-refractivity contribution in [3.63, 3.8) is 0 Å². The third-order valence-electron chi connectivity index (χ3n) is 0.636. The summed E-state index contributed by atoms with van der Waals surface area (Å²) >= 11 is 0. The molecule has 0 fully saturated rings. The van der Waals surface area contributed by atoms with E-state index in [9.17, 15) is 18.0 Å². The van der Waals surface area contributed by atoms with Gasteiger partial charge in [0.15, 0.2) is 0 Å². The van der Waals surface area contributed by atoms with Crippen molar-refractivity contribution in [2.24, 2.45) is 0 Å². The highest BCUT2D eigenvalue weighted by Gasteiger charge is 2.38. The van der Waals surface area contributed by atoms with Gasteiger partial charge in [-0.05, 0) is 0 Å². The summed E-state index contributed by atoms with van der Waals surface area (Å²) in [4.78, 5) is 9.92. The molecule has 0 heterocycles. The first-order valence-corrected chi connectivity index (χ1v) is 2.58. The van der Waals surface area contributed by atoms with Crippen LogP contribution in [0.4, 0.5) is 13.2 Å². The van der Waals surface area contributed by atoms with Crippen LogP contribution in [0.5, 0.6) is 0 Å². The van der Waals surface area contributed by atoms with Crippen LogP contribution in [0, 0.1) is 0 Å². The standard InChI is InChI=1S/C4H7F3N2O/c1-2-8-9-3(10)4(5,6)7/h8H,2H2,1H3,(H,9,10). The molecule has 0 saturated heterocycles. The maximum absolute atomic E-state index is 11.3. The second-order valence-corrected chi connectivity index (χ2v) is 1.48. The molecule has 2 N–H and O–H groups in total. The lowest BCUT2D eigenvalue weighted by atomic mass is 10.6. The van der Waals surface area contributed by atoms with Gasteiger partial charge in [-0.2, -0.15) is 13.2 Å². The van der Waals surface area contributed by atoms with E-state index >= 15 is 0 Å². The van der Waals surface area contributed by atoms with Crippen LogP contribution in [0.3, 0.4) is 0 Å². The van der Waals surface area contributed by atoms with Crippen LogP contribution < -0.4 is 10.9 Å². The predicted octanol–water partition coefficient (Wildman–Crippen LogP) is 0.189. The van der Waals surface area contributed by atoms with Crippen LogP contribution in [0.15, 0.2) is 0 Å². The number of amides is 1. The van der Waals surface area contributed by atoms with Crippen LogP contribution in [-0.2, 0) is 4.79 Å². The number of hydrogen-bond donors (Lipinski definition) is 2. The Hall–Kier alpha value is -0.780. The molecule has 0 atom stereocenters. The van der Waals surface area contributed by atoms with Gasteiger partial charge in [0.05, 0.1) is 0 Å². The van der Waals surface area contributed by atoms with E-state index in [4.69, 9.17) is 0 Å². The van der Waals surface area contributed by atoms with Crippen LogP contribution in [-0.4, -0.2) is 18.6 Å². The van der Waals surface area contributed by atoms with Crippen molar-refractivity contribution in [2.75, 3.05) is 6.54 Å². The molecule has 60 valence electrons. The number of halogens is 3. The highest BCUT2D eigenvalue weighted by molar-refractivity contribution is 5.81. The van der Waals surface area contributed by atoms with Crippen molar-refractivity contribution >= 4 is 5.91 Å². The molecule has 0 aliphatic carbocycles. The predicted molar refractivity (Wildman–Crippen MR) is 27.9 cm³/mol. The number of hydrazine groups is 1. The Morgan fingerprint density at radius 2 is 2.00 bits per heavy atom. The Morgan fingerprint density at radius 3 is 2.30 bits per heavy atom. The number of carbonyl (C=O) groups is 1. The number of nitrogens with one attached hydrogen (secondary N) is 2. The van der Waals surface area contributed by atoms with Crippen molar-refractivity contribution in [2.45, 2.75) is 13.1 Å². The minimum Gasteiger partial charge on any atom is -0.284 e. The molecule has 0 aliphatic rings. The zero-order chi connectivity index (χ0) is 8.20. The third kappa shape index (κ3) is 3.29. The van der Waals surface area contributed by atoms with Gasteiger partial charge in [0.1, 0.15) is 0 Å². The lowest BCUT2D eigenvalue weighted by Gasteiger charge is -2.06. The minimum atomic E-state index is -4.80. The van der Waals surface area contributed by atoms with Crippen molar-refractivity contribution in [1.29, 1.82) is 0 Å². The summed E-state index contributed by atoms with van der Waals surface area (Å²) in [5, 5.41) is 0. The molecule has 10 heavy (non-hydrogen) atoms. The van der Waals surface area contributed by atoms with E-state index in [2.05, 4.69) is 0 Å². The first-order chi connectivity index (χ1) is 4.48. The monoisotopic (exact) mass is 156 g/mol. The molecular weight excluding hydrogens is 149 g/mol. The van der Waals surface area contributed by atoms with E-state index in [-0.39, 0.29) is 6.54 Å². The Morgan fingerprint density at radius 1 is 1.50 bits per heavy atom. The normalized spacial score (nSPS) is 11.2. The summed E-state index contributed by atoms with van der Waals surface area (Å²) in [6, 6.07) is 0. The van der Waals surface area contributed by atoms with Crippen LogP contribution in [0.25, 0.3) is 0 Å². The zero-order valence-corrected chi connectivity index (χ0v) is 5.25. The first-order valence-electron chi connectivity index (χ1n) is 2.58. The van der Waals surface area contributed by atoms with Gasteiger partial charge < -0.3 is 0 Å². The van der Waals surface area contributed by atoms with Gasteiger partial charge in [0, 0.05) is 6.54 Å². The summed E-state index contributed by atoms with van der Waals surface area (Å²) in [7, 11) is 0. The van der Waals surface area contributed by atoms with Gasteiger partial charge in [-0.25, -0.2) is 5.43 Å². The molecule has 0 saturated carbocycles. The maximum Gasteiger partial charge on any atom is 0.472 e. The SMILES string of the molecule is CCNNC(=O)C(F)(F)F. The Kier molecular flexibility index (Phi) is 3.14. The van der Waals surface area contributed by atoms with Gasteiger partial charge in [-0.15, -0.1) is 0 Å². The van der Waals surface area contributed by atoms with Gasteiger partial charge in [-0.3, -0.25) is 10.2 Å². The van der Waals surface area contributed by atoms with Gasteiger partial charge in [0.2, 0.25) is 0 Å². The molecule has 0 aliphatic heterocycles. The fraction of sp³-hybridized carbons (Fsp3) is 0.750. The van der Waals surface area contributed by atoms with Crippen LogP contribution >= 0.6 is 0 Å². The average Bonchev–Trinajstić information content (AvgIpc) is 1.80. The summed E-state index contributed by atoms with van der Waals surface area (Å²) in [6.07, 6.45) is -4.80. The number of rotatable bonds is 2. The summed E-state index contributed by atoms with van der Waals surface area (Å²) < 4.78 is 34.0. The van der Waals surface area contributed by atoms with Crippen LogP contribution in [0.1, 0.15) is 6.92 Å². The van der Waals surface area contributed by atoms with E-state index in [1.165, 1.54) is 5.43 Å². The average molecular weight is 156 g/mol. The largest absolute Gasteiger partial charge is 0.472 e. The van der Waals surface area contributed by atoms with Gasteiger partial charge in [-0.1, -0.05) is 6.92 Å². The smallest absolute Gasteiger partial charge is 0.284 e. The Bertz CT molecular complexity index is 122. The van der Waals surface area contributed by atoms with Crippen molar-refractivity contribution in [3.05, 3.63) is 0 Å². The maximum atomic E-state index is 11.3. The quantitative estimate of drug-likeness (QED) is 0.560. The van der Waals surface area contributed by atoms with Gasteiger partial charge >= 0.3 is 12.1 Å². The van der Waals surface area contributed by atoms with Crippen molar-refractivity contribution in [3.8, 4) is 0 Å². The molecule has 3 nitrogen and oxygen atoms in total. The van der Waals surface area contributed by atoms with Gasteiger partial charge in [0.25, 0.3) is 0 Å². The molecule has 0 aromatic rings. The summed E-state index contributed by atoms with van der Waals surface area (Å²) in [5.41, 5.74) is 3.49. The molecule has 0 unspecified atom stereocenters. The van der Waals surface area contributed by atoms with E-state index < -0.39 is 12.1 Å².